The quantitative estimate of drug-likeness (QED) is 0.911. The van der Waals surface area contributed by atoms with E-state index in [4.69, 9.17) is 5.73 Å². The van der Waals surface area contributed by atoms with Crippen LogP contribution in [0.25, 0.3) is 0 Å². The number of anilines is 1. The molecule has 0 aliphatic heterocycles. The van der Waals surface area contributed by atoms with E-state index in [9.17, 15) is 4.79 Å². The molecule has 0 bridgehead atoms. The third kappa shape index (κ3) is 2.89. The van der Waals surface area contributed by atoms with E-state index in [0.717, 1.165) is 10.0 Å². The lowest BCUT2D eigenvalue weighted by Crippen LogP contribution is -2.26. The van der Waals surface area contributed by atoms with Crippen molar-refractivity contribution in [3.63, 3.8) is 0 Å². The lowest BCUT2D eigenvalue weighted by molar-refractivity contribution is 0.0779. The summed E-state index contributed by atoms with van der Waals surface area (Å²) in [6, 6.07) is 9.35. The number of hydrogen-bond acceptors (Lipinski definition) is 3. The number of nitrogens with one attached hydrogen (secondary N) is 1. The Kier molecular flexibility index (Phi) is 3.66. The number of aromatic amines is 1. The number of amides is 1. The fourth-order valence-corrected chi connectivity index (χ4v) is 2.08. The van der Waals surface area contributed by atoms with Gasteiger partial charge in [0.1, 0.15) is 11.5 Å². The van der Waals surface area contributed by atoms with Gasteiger partial charge in [-0.2, -0.15) is 5.10 Å². The lowest BCUT2D eigenvalue weighted by Gasteiger charge is -2.16. The van der Waals surface area contributed by atoms with Gasteiger partial charge in [0.25, 0.3) is 5.91 Å². The van der Waals surface area contributed by atoms with E-state index < -0.39 is 0 Å². The van der Waals surface area contributed by atoms with E-state index in [-0.39, 0.29) is 5.91 Å². The van der Waals surface area contributed by atoms with Crippen molar-refractivity contribution in [1.82, 2.24) is 15.1 Å². The molecule has 6 heteroatoms. The maximum absolute atomic E-state index is 12.0. The monoisotopic (exact) mass is 308 g/mol. The van der Waals surface area contributed by atoms with E-state index in [2.05, 4.69) is 26.1 Å². The van der Waals surface area contributed by atoms with E-state index in [1.807, 2.05) is 24.3 Å². The summed E-state index contributed by atoms with van der Waals surface area (Å²) in [5, 5.41) is 6.35. The van der Waals surface area contributed by atoms with Crippen LogP contribution < -0.4 is 5.73 Å². The minimum atomic E-state index is -0.140. The van der Waals surface area contributed by atoms with Crippen LogP contribution in [0.2, 0.25) is 0 Å². The number of nitrogens with zero attached hydrogens (tertiary/aromatic N) is 2. The first-order valence-electron chi connectivity index (χ1n) is 5.37. The van der Waals surface area contributed by atoms with Gasteiger partial charge in [-0.05, 0) is 17.7 Å². The molecule has 94 valence electrons. The summed E-state index contributed by atoms with van der Waals surface area (Å²) in [4.78, 5) is 13.6. The molecule has 0 fully saturated rings. The van der Waals surface area contributed by atoms with Gasteiger partial charge in [0.15, 0.2) is 0 Å². The number of nitrogens with two attached hydrogens (primary N) is 1. The van der Waals surface area contributed by atoms with Crippen LogP contribution in [-0.2, 0) is 6.54 Å². The second kappa shape index (κ2) is 5.22. The number of carbonyl (C=O) groups excluding carboxylic acids is 1. The maximum atomic E-state index is 12.0. The van der Waals surface area contributed by atoms with Gasteiger partial charge in [-0.1, -0.05) is 28.1 Å². The molecule has 3 N–H and O–H groups in total. The molecule has 0 atom stereocenters. The number of benzene rings is 1. The molecule has 1 aromatic carbocycles. The topological polar surface area (TPSA) is 75.0 Å². The molecule has 2 aromatic rings. The van der Waals surface area contributed by atoms with Gasteiger partial charge in [0.05, 0.1) is 0 Å². The van der Waals surface area contributed by atoms with E-state index in [1.165, 1.54) is 6.07 Å². The van der Waals surface area contributed by atoms with Crippen molar-refractivity contribution in [1.29, 1.82) is 0 Å². The van der Waals surface area contributed by atoms with Crippen LogP contribution in [0.15, 0.2) is 34.8 Å². The lowest BCUT2D eigenvalue weighted by atomic mass is 10.2. The SMILES string of the molecule is CN(Cc1cccc(Br)c1)C(=O)c1cc(N)n[nH]1. The smallest absolute Gasteiger partial charge is 0.271 e. The van der Waals surface area contributed by atoms with Gasteiger partial charge in [-0.25, -0.2) is 0 Å². The average molecular weight is 309 g/mol. The third-order valence-electron chi connectivity index (χ3n) is 2.48. The number of carbonyl (C=O) groups is 1. The Labute approximate surface area is 113 Å². The Hall–Kier alpha value is -1.82. The zero-order chi connectivity index (χ0) is 13.1. The normalized spacial score (nSPS) is 10.3. The molecule has 1 amide bonds. The highest BCUT2D eigenvalue weighted by Crippen LogP contribution is 2.14. The Morgan fingerprint density at radius 1 is 1.50 bits per heavy atom. The summed E-state index contributed by atoms with van der Waals surface area (Å²) >= 11 is 3.40. The van der Waals surface area contributed by atoms with Gasteiger partial charge in [0.2, 0.25) is 0 Å². The summed E-state index contributed by atoms with van der Waals surface area (Å²) in [6.07, 6.45) is 0. The minimum Gasteiger partial charge on any atom is -0.382 e. The molecule has 5 nitrogen and oxygen atoms in total. The van der Waals surface area contributed by atoms with Crippen molar-refractivity contribution in [3.05, 3.63) is 46.1 Å². The van der Waals surface area contributed by atoms with Crippen molar-refractivity contribution >= 4 is 27.7 Å². The molecule has 0 aliphatic rings. The maximum Gasteiger partial charge on any atom is 0.271 e. The average Bonchev–Trinajstić information content (AvgIpc) is 2.75. The number of H-pyrrole nitrogens is 1. The molecule has 1 heterocycles. The molecule has 0 saturated carbocycles. The van der Waals surface area contributed by atoms with Crippen LogP contribution in [-0.4, -0.2) is 28.1 Å². The highest BCUT2D eigenvalue weighted by atomic mass is 79.9. The number of nitrogen functional groups attached to an aromatic ring is 1. The van der Waals surface area contributed by atoms with Gasteiger partial charge < -0.3 is 10.6 Å². The Morgan fingerprint density at radius 2 is 2.28 bits per heavy atom. The summed E-state index contributed by atoms with van der Waals surface area (Å²) < 4.78 is 0.992. The molecule has 2 rings (SSSR count). The van der Waals surface area contributed by atoms with E-state index in [1.54, 1.807) is 11.9 Å². The predicted molar refractivity (Wildman–Crippen MR) is 72.9 cm³/mol. The third-order valence-corrected chi connectivity index (χ3v) is 2.98. The van der Waals surface area contributed by atoms with Crippen LogP contribution in [0.4, 0.5) is 5.82 Å². The molecule has 18 heavy (non-hydrogen) atoms. The summed E-state index contributed by atoms with van der Waals surface area (Å²) in [6.45, 7) is 0.525. The van der Waals surface area contributed by atoms with Crippen LogP contribution in [0.3, 0.4) is 0 Å². The second-order valence-corrected chi connectivity index (χ2v) is 4.91. The van der Waals surface area contributed by atoms with Gasteiger partial charge in [0, 0.05) is 24.1 Å². The van der Waals surface area contributed by atoms with Crippen LogP contribution in [0.5, 0.6) is 0 Å². The molecular weight excluding hydrogens is 296 g/mol. The number of aromatic nitrogens is 2. The summed E-state index contributed by atoms with van der Waals surface area (Å²) in [7, 11) is 1.74. The van der Waals surface area contributed by atoms with Crippen molar-refractivity contribution < 1.29 is 4.79 Å². The van der Waals surface area contributed by atoms with Gasteiger partial charge in [-0.3, -0.25) is 9.89 Å². The number of hydrogen-bond donors (Lipinski definition) is 2. The Bertz CT molecular complexity index is 567. The Balaban J connectivity index is 2.08. The standard InChI is InChI=1S/C12H13BrN4O/c1-17(7-8-3-2-4-9(13)5-8)12(18)10-6-11(14)16-15-10/h2-6H,7H2,1H3,(H3,14,15,16). The second-order valence-electron chi connectivity index (χ2n) is 4.00. The summed E-state index contributed by atoms with van der Waals surface area (Å²) in [5.74, 6) is 0.174. The zero-order valence-electron chi connectivity index (χ0n) is 9.85. The molecule has 0 saturated heterocycles. The van der Waals surface area contributed by atoms with Gasteiger partial charge in [-0.15, -0.1) is 0 Å². The number of rotatable bonds is 3. The van der Waals surface area contributed by atoms with E-state index >= 15 is 0 Å². The van der Waals surface area contributed by atoms with Gasteiger partial charge >= 0.3 is 0 Å². The molecular formula is C12H13BrN4O. The fourth-order valence-electron chi connectivity index (χ4n) is 1.63. The first-order valence-corrected chi connectivity index (χ1v) is 6.16. The highest BCUT2D eigenvalue weighted by molar-refractivity contribution is 9.10. The summed E-state index contributed by atoms with van der Waals surface area (Å²) in [5.41, 5.74) is 6.91. The molecule has 0 unspecified atom stereocenters. The van der Waals surface area contributed by atoms with Crippen LogP contribution >= 0.6 is 15.9 Å². The number of halogens is 1. The largest absolute Gasteiger partial charge is 0.382 e. The van der Waals surface area contributed by atoms with Crippen molar-refractivity contribution in [2.24, 2.45) is 0 Å². The molecule has 0 spiro atoms. The fraction of sp³-hybridized carbons (Fsp3) is 0.167. The van der Waals surface area contributed by atoms with Crippen molar-refractivity contribution in [2.75, 3.05) is 12.8 Å². The molecule has 0 aliphatic carbocycles. The van der Waals surface area contributed by atoms with E-state index in [0.29, 0.717) is 18.1 Å². The first kappa shape index (κ1) is 12.6. The van der Waals surface area contributed by atoms with Crippen molar-refractivity contribution in [3.8, 4) is 0 Å². The minimum absolute atomic E-state index is 0.140. The first-order chi connectivity index (χ1) is 8.56. The van der Waals surface area contributed by atoms with Crippen molar-refractivity contribution in [2.45, 2.75) is 6.54 Å². The van der Waals surface area contributed by atoms with Crippen LogP contribution in [0, 0.1) is 0 Å². The molecule has 0 radical (unpaired) electrons. The highest BCUT2D eigenvalue weighted by Gasteiger charge is 2.14. The predicted octanol–water partition coefficient (Wildman–Crippen LogP) is 2.03. The Morgan fingerprint density at radius 3 is 2.89 bits per heavy atom. The zero-order valence-corrected chi connectivity index (χ0v) is 11.4. The molecule has 1 aromatic heterocycles. The van der Waals surface area contributed by atoms with Crippen LogP contribution in [0.1, 0.15) is 16.1 Å².